The summed E-state index contributed by atoms with van der Waals surface area (Å²) < 4.78 is 22.9. The first-order chi connectivity index (χ1) is 27.8. The zero-order valence-electron chi connectivity index (χ0n) is 36.2. The molecule has 0 radical (unpaired) electrons. The van der Waals surface area contributed by atoms with Crippen LogP contribution in [0, 0.1) is 0 Å². The molecule has 0 aliphatic heterocycles. The van der Waals surface area contributed by atoms with Crippen molar-refractivity contribution in [2.45, 2.75) is 255 Å². The van der Waals surface area contributed by atoms with Crippen molar-refractivity contribution in [3.8, 4) is 0 Å². The fraction of sp³-hybridized carbons (Fsp3) is 0.932. The summed E-state index contributed by atoms with van der Waals surface area (Å²) in [6.45, 7) is 3.72. The smallest absolute Gasteiger partial charge is 0.393 e. The normalized spacial score (nSPS) is 23.8. The Kier molecular flexibility index (Phi) is 32.9. The van der Waals surface area contributed by atoms with Crippen molar-refractivity contribution in [2.24, 2.45) is 0 Å². The van der Waals surface area contributed by atoms with E-state index in [9.17, 15) is 50.0 Å². The molecule has 344 valence electrons. The van der Waals surface area contributed by atoms with E-state index in [1.54, 1.807) is 0 Å². The standard InChI is InChI=1S/C44H86NO12P/c1-3-5-7-9-11-13-14-15-16-17-18-19-20-21-22-23-24-26-28-30-32-37(47)36(45-38(48)33-35(46)31-29-27-25-12-10-8-6-4-2)34-56-58(54,55)57-44-42(52)40(50)39(49)41(51)43(44)53/h10,12,35-37,39-44,46-47,49-53H,3-9,11,13-34H2,1-2H3,(H,45,48)(H,54,55)/b12-10-. The number of hydrogen-bond donors (Lipinski definition) is 9. The van der Waals surface area contributed by atoms with Crippen LogP contribution in [0.25, 0.3) is 0 Å². The highest BCUT2D eigenvalue weighted by Crippen LogP contribution is 2.47. The second-order valence-corrected chi connectivity index (χ2v) is 18.2. The van der Waals surface area contributed by atoms with Crippen LogP contribution in [0.3, 0.4) is 0 Å². The lowest BCUT2D eigenvalue weighted by molar-refractivity contribution is -0.220. The minimum absolute atomic E-state index is 0.235. The number of nitrogens with one attached hydrogen (secondary N) is 1. The van der Waals surface area contributed by atoms with Crippen LogP contribution < -0.4 is 5.32 Å². The molecule has 1 amide bonds. The Labute approximate surface area is 351 Å². The molecule has 0 saturated heterocycles. The maximum absolute atomic E-state index is 12.9. The van der Waals surface area contributed by atoms with E-state index < -0.39 is 75.2 Å². The Hall–Kier alpha value is -0.960. The summed E-state index contributed by atoms with van der Waals surface area (Å²) in [5.74, 6) is -0.574. The van der Waals surface area contributed by atoms with E-state index in [0.29, 0.717) is 12.8 Å². The van der Waals surface area contributed by atoms with Crippen LogP contribution in [0.2, 0.25) is 0 Å². The molecule has 1 aliphatic carbocycles. The van der Waals surface area contributed by atoms with Crippen molar-refractivity contribution in [1.29, 1.82) is 0 Å². The molecule has 0 bridgehead atoms. The quantitative estimate of drug-likeness (QED) is 0.0168. The van der Waals surface area contributed by atoms with E-state index in [4.69, 9.17) is 9.05 Å². The summed E-state index contributed by atoms with van der Waals surface area (Å²) in [5, 5.41) is 74.4. The van der Waals surface area contributed by atoms with Crippen LogP contribution in [0.5, 0.6) is 0 Å². The number of phosphoric ester groups is 1. The highest BCUT2D eigenvalue weighted by molar-refractivity contribution is 7.47. The molecule has 0 spiro atoms. The Morgan fingerprint density at radius 1 is 0.586 bits per heavy atom. The third-order valence-electron chi connectivity index (χ3n) is 11.4. The molecule has 58 heavy (non-hydrogen) atoms. The van der Waals surface area contributed by atoms with Gasteiger partial charge in [-0.1, -0.05) is 174 Å². The summed E-state index contributed by atoms with van der Waals surface area (Å²) in [7, 11) is -5.11. The fourth-order valence-corrected chi connectivity index (χ4v) is 8.49. The van der Waals surface area contributed by atoms with Gasteiger partial charge in [0.15, 0.2) is 0 Å². The minimum atomic E-state index is -5.11. The summed E-state index contributed by atoms with van der Waals surface area (Å²) in [6.07, 6.45) is 21.5. The first-order valence-corrected chi connectivity index (χ1v) is 24.7. The highest BCUT2D eigenvalue weighted by Gasteiger charge is 2.51. The molecule has 14 heteroatoms. The van der Waals surface area contributed by atoms with Gasteiger partial charge in [0, 0.05) is 0 Å². The first-order valence-electron chi connectivity index (χ1n) is 23.2. The van der Waals surface area contributed by atoms with Crippen LogP contribution in [-0.2, 0) is 18.4 Å². The SMILES string of the molecule is CCCC/C=C\CCCCC(O)CC(=O)NC(COP(=O)(O)OC1C(O)C(O)C(O)C(O)C1O)C(O)CCCCCCCCCCCCCCCCCCCCCC. The molecule has 8 atom stereocenters. The van der Waals surface area contributed by atoms with Crippen LogP contribution in [0.4, 0.5) is 0 Å². The van der Waals surface area contributed by atoms with E-state index in [1.807, 2.05) is 0 Å². The monoisotopic (exact) mass is 852 g/mol. The molecule has 0 heterocycles. The number of carbonyl (C=O) groups is 1. The molecule has 0 aromatic heterocycles. The molecular formula is C44H86NO12P. The van der Waals surface area contributed by atoms with Gasteiger partial charge in [0.1, 0.15) is 36.6 Å². The molecule has 8 unspecified atom stereocenters. The number of aliphatic hydroxyl groups excluding tert-OH is 7. The Morgan fingerprint density at radius 3 is 1.45 bits per heavy atom. The summed E-state index contributed by atoms with van der Waals surface area (Å²) in [6, 6.07) is -1.16. The van der Waals surface area contributed by atoms with E-state index in [-0.39, 0.29) is 12.8 Å². The number of phosphoric acid groups is 1. The molecule has 1 rings (SSSR count). The van der Waals surface area contributed by atoms with E-state index >= 15 is 0 Å². The van der Waals surface area contributed by atoms with Crippen LogP contribution in [-0.4, -0.2) is 108 Å². The van der Waals surface area contributed by atoms with Crippen LogP contribution in [0.1, 0.15) is 200 Å². The van der Waals surface area contributed by atoms with Gasteiger partial charge in [-0.05, 0) is 32.1 Å². The van der Waals surface area contributed by atoms with Crippen molar-refractivity contribution in [2.75, 3.05) is 6.61 Å². The van der Waals surface area contributed by atoms with Gasteiger partial charge in [0.25, 0.3) is 0 Å². The van der Waals surface area contributed by atoms with Crippen molar-refractivity contribution in [3.63, 3.8) is 0 Å². The van der Waals surface area contributed by atoms with E-state index in [1.165, 1.54) is 96.3 Å². The van der Waals surface area contributed by atoms with Crippen LogP contribution >= 0.6 is 7.82 Å². The van der Waals surface area contributed by atoms with Crippen molar-refractivity contribution in [1.82, 2.24) is 5.32 Å². The Morgan fingerprint density at radius 2 is 0.983 bits per heavy atom. The van der Waals surface area contributed by atoms with Gasteiger partial charge < -0.3 is 46.0 Å². The summed E-state index contributed by atoms with van der Waals surface area (Å²) in [4.78, 5) is 23.4. The van der Waals surface area contributed by atoms with Gasteiger partial charge >= 0.3 is 7.82 Å². The van der Waals surface area contributed by atoms with Crippen LogP contribution in [0.15, 0.2) is 12.2 Å². The lowest BCUT2D eigenvalue weighted by atomic mass is 9.85. The average Bonchev–Trinajstić information content (AvgIpc) is 3.19. The molecule has 1 saturated carbocycles. The van der Waals surface area contributed by atoms with Crippen molar-refractivity contribution in [3.05, 3.63) is 12.2 Å². The molecule has 13 nitrogen and oxygen atoms in total. The zero-order chi connectivity index (χ0) is 43.0. The van der Waals surface area contributed by atoms with Gasteiger partial charge in [-0.15, -0.1) is 0 Å². The van der Waals surface area contributed by atoms with Crippen molar-refractivity contribution < 1.29 is 59.0 Å². The predicted molar refractivity (Wildman–Crippen MR) is 229 cm³/mol. The zero-order valence-corrected chi connectivity index (χ0v) is 37.1. The highest BCUT2D eigenvalue weighted by atomic mass is 31.2. The van der Waals surface area contributed by atoms with Crippen molar-refractivity contribution >= 4 is 13.7 Å². The van der Waals surface area contributed by atoms with Gasteiger partial charge in [0.05, 0.1) is 31.3 Å². The van der Waals surface area contributed by atoms with E-state index in [2.05, 4.69) is 31.3 Å². The lowest BCUT2D eigenvalue weighted by Gasteiger charge is -2.41. The van der Waals surface area contributed by atoms with E-state index in [0.717, 1.165) is 64.2 Å². The largest absolute Gasteiger partial charge is 0.472 e. The fourth-order valence-electron chi connectivity index (χ4n) is 7.52. The molecule has 0 aromatic rings. The predicted octanol–water partition coefficient (Wildman–Crippen LogP) is 7.42. The maximum atomic E-state index is 12.9. The number of rotatable bonds is 38. The van der Waals surface area contributed by atoms with Gasteiger partial charge in [-0.3, -0.25) is 13.8 Å². The molecule has 1 aliphatic rings. The number of hydrogen-bond acceptors (Lipinski definition) is 11. The maximum Gasteiger partial charge on any atom is 0.472 e. The third kappa shape index (κ3) is 26.4. The lowest BCUT2D eigenvalue weighted by Crippen LogP contribution is -2.64. The number of amides is 1. The third-order valence-corrected chi connectivity index (χ3v) is 12.4. The first kappa shape index (κ1) is 55.1. The van der Waals surface area contributed by atoms with Gasteiger partial charge in [-0.25, -0.2) is 4.57 Å². The topological polar surface area (TPSA) is 226 Å². The number of unbranched alkanes of at least 4 members (excludes halogenated alkanes) is 23. The molecule has 0 aromatic carbocycles. The summed E-state index contributed by atoms with van der Waals surface area (Å²) >= 11 is 0. The average molecular weight is 852 g/mol. The van der Waals surface area contributed by atoms with Gasteiger partial charge in [-0.2, -0.15) is 0 Å². The number of allylic oxidation sites excluding steroid dienone is 2. The summed E-state index contributed by atoms with van der Waals surface area (Å²) in [5.41, 5.74) is 0. The number of aliphatic hydroxyl groups is 7. The second-order valence-electron chi connectivity index (χ2n) is 16.8. The van der Waals surface area contributed by atoms with Gasteiger partial charge in [0.2, 0.25) is 5.91 Å². The molecule has 9 N–H and O–H groups in total. The number of carbonyl (C=O) groups excluding carboxylic acids is 1. The molecular weight excluding hydrogens is 765 g/mol. The minimum Gasteiger partial charge on any atom is -0.393 e. The molecule has 1 fully saturated rings. The Bertz CT molecular complexity index is 1050. The Balaban J connectivity index is 2.47. The second kappa shape index (κ2) is 34.6.